The van der Waals surface area contributed by atoms with Crippen molar-refractivity contribution in [2.45, 2.75) is 6.17 Å². The fraction of sp³-hybridized carbons (Fsp3) is 0.125. The second-order valence-electron chi connectivity index (χ2n) is 2.67. The molecule has 0 spiro atoms. The van der Waals surface area contributed by atoms with E-state index in [1.54, 1.807) is 0 Å². The molecule has 5 nitrogen and oxygen atoms in total. The Labute approximate surface area is 82.2 Å². The summed E-state index contributed by atoms with van der Waals surface area (Å²) in [5, 5.41) is 18.8. The molecule has 15 heavy (non-hydrogen) atoms. The largest absolute Gasteiger partial charge is 0.478 e. The van der Waals surface area contributed by atoms with E-state index in [1.807, 2.05) is 0 Å². The highest BCUT2D eigenvalue weighted by molar-refractivity contribution is 5.90. The average Bonchev–Trinajstić information content (AvgIpc) is 2.23. The van der Waals surface area contributed by atoms with Gasteiger partial charge >= 0.3 is 11.7 Å². The van der Waals surface area contributed by atoms with Crippen LogP contribution in [0.3, 0.4) is 0 Å². The summed E-state index contributed by atoms with van der Waals surface area (Å²) < 4.78 is 25.8. The van der Waals surface area contributed by atoms with E-state index in [0.717, 1.165) is 0 Å². The van der Waals surface area contributed by atoms with Crippen molar-refractivity contribution in [3.63, 3.8) is 0 Å². The van der Waals surface area contributed by atoms with Crippen LogP contribution in [0.1, 0.15) is 0 Å². The van der Waals surface area contributed by atoms with E-state index in [0.29, 0.717) is 18.2 Å². The standard InChI is InChI=1S/C8H5F2NO4/c9-5-1-4(8(12)13)2-7(11(14)15)6(10)3-5/h1-3,5H,(H,12,13). The molecule has 0 aromatic heterocycles. The zero-order valence-corrected chi connectivity index (χ0v) is 7.18. The van der Waals surface area contributed by atoms with Crippen molar-refractivity contribution in [2.75, 3.05) is 0 Å². The van der Waals surface area contributed by atoms with Crippen LogP contribution in [-0.2, 0) is 4.79 Å². The van der Waals surface area contributed by atoms with Crippen molar-refractivity contribution in [3.8, 4) is 0 Å². The van der Waals surface area contributed by atoms with E-state index in [-0.39, 0.29) is 0 Å². The topological polar surface area (TPSA) is 80.4 Å². The summed E-state index contributed by atoms with van der Waals surface area (Å²) in [6.07, 6.45) is -0.596. The molecule has 0 saturated carbocycles. The Morgan fingerprint density at radius 1 is 1.53 bits per heavy atom. The van der Waals surface area contributed by atoms with Crippen molar-refractivity contribution in [3.05, 3.63) is 45.4 Å². The van der Waals surface area contributed by atoms with Crippen LogP contribution in [0.15, 0.2) is 35.3 Å². The fourth-order valence-electron chi connectivity index (χ4n) is 0.982. The average molecular weight is 217 g/mol. The first-order valence-corrected chi connectivity index (χ1v) is 3.75. The minimum absolute atomic E-state index is 0.338. The van der Waals surface area contributed by atoms with Crippen LogP contribution >= 0.6 is 0 Å². The number of hydrogen-bond donors (Lipinski definition) is 1. The molecule has 1 rings (SSSR count). The third kappa shape index (κ3) is 2.46. The number of halogens is 2. The van der Waals surface area contributed by atoms with Crippen LogP contribution in [0.25, 0.3) is 0 Å². The molecule has 0 aliphatic heterocycles. The van der Waals surface area contributed by atoms with Crippen LogP contribution in [-0.4, -0.2) is 22.2 Å². The Balaban J connectivity index is 3.25. The summed E-state index contributed by atoms with van der Waals surface area (Å²) in [5.41, 5.74) is -1.72. The smallest absolute Gasteiger partial charge is 0.335 e. The zero-order chi connectivity index (χ0) is 11.6. The summed E-state index contributed by atoms with van der Waals surface area (Å²) >= 11 is 0. The maximum atomic E-state index is 12.9. The molecule has 1 atom stereocenters. The Bertz CT molecular complexity index is 411. The number of carboxylic acids is 1. The Morgan fingerprint density at radius 3 is 2.60 bits per heavy atom. The molecule has 0 fully saturated rings. The Kier molecular flexibility index (Phi) is 2.93. The van der Waals surface area contributed by atoms with Gasteiger partial charge in [0.25, 0.3) is 0 Å². The molecule has 1 aliphatic carbocycles. The van der Waals surface area contributed by atoms with Gasteiger partial charge in [-0.15, -0.1) is 0 Å². The summed E-state index contributed by atoms with van der Waals surface area (Å²) in [7, 11) is 0. The fourth-order valence-corrected chi connectivity index (χ4v) is 0.982. The van der Waals surface area contributed by atoms with Crippen LogP contribution in [0.4, 0.5) is 8.78 Å². The predicted octanol–water partition coefficient (Wildman–Crippen LogP) is 1.36. The van der Waals surface area contributed by atoms with Gasteiger partial charge in [0.2, 0.25) is 0 Å². The number of allylic oxidation sites excluding steroid dienone is 3. The quantitative estimate of drug-likeness (QED) is 0.559. The number of aliphatic carboxylic acids is 1. The van der Waals surface area contributed by atoms with Gasteiger partial charge < -0.3 is 5.11 Å². The van der Waals surface area contributed by atoms with Gasteiger partial charge in [-0.25, -0.2) is 9.18 Å². The number of nitro groups is 1. The number of carbonyl (C=O) groups is 1. The van der Waals surface area contributed by atoms with Gasteiger partial charge in [0.1, 0.15) is 6.17 Å². The Hall–Kier alpha value is -2.05. The first-order valence-electron chi connectivity index (χ1n) is 3.75. The molecule has 80 valence electrons. The number of nitrogens with zero attached hydrogens (tertiary/aromatic N) is 1. The molecular formula is C8H5F2NO4. The summed E-state index contributed by atoms with van der Waals surface area (Å²) in [6, 6.07) is 0. The van der Waals surface area contributed by atoms with E-state index >= 15 is 0 Å². The van der Waals surface area contributed by atoms with E-state index in [4.69, 9.17) is 5.11 Å². The second kappa shape index (κ2) is 3.99. The van der Waals surface area contributed by atoms with Gasteiger partial charge in [0.05, 0.1) is 10.5 Å². The van der Waals surface area contributed by atoms with E-state index < -0.39 is 34.2 Å². The highest BCUT2D eigenvalue weighted by Crippen LogP contribution is 2.21. The van der Waals surface area contributed by atoms with Gasteiger partial charge in [-0.05, 0) is 12.2 Å². The number of hydrogen-bond acceptors (Lipinski definition) is 3. The van der Waals surface area contributed by atoms with Crippen LogP contribution in [0, 0.1) is 10.1 Å². The Morgan fingerprint density at radius 2 is 2.13 bits per heavy atom. The second-order valence-corrected chi connectivity index (χ2v) is 2.67. The summed E-state index contributed by atoms with van der Waals surface area (Å²) in [5.74, 6) is -2.94. The van der Waals surface area contributed by atoms with Crippen LogP contribution in [0.2, 0.25) is 0 Å². The first-order chi connectivity index (χ1) is 6.91. The molecule has 0 saturated heterocycles. The van der Waals surface area contributed by atoms with Crippen LogP contribution < -0.4 is 0 Å². The number of carboxylic acid groups (broad SMARTS) is 1. The summed E-state index contributed by atoms with van der Waals surface area (Å²) in [4.78, 5) is 19.7. The van der Waals surface area contributed by atoms with Crippen molar-refractivity contribution in [1.29, 1.82) is 0 Å². The third-order valence-electron chi connectivity index (χ3n) is 1.62. The molecular weight excluding hydrogens is 212 g/mol. The summed E-state index contributed by atoms with van der Waals surface area (Å²) in [6.45, 7) is 0. The highest BCUT2D eigenvalue weighted by atomic mass is 19.1. The first kappa shape index (κ1) is 11.0. The monoisotopic (exact) mass is 217 g/mol. The molecule has 0 aromatic rings. The lowest BCUT2D eigenvalue weighted by Gasteiger charge is -1.93. The lowest BCUT2D eigenvalue weighted by molar-refractivity contribution is -0.422. The van der Waals surface area contributed by atoms with Gasteiger partial charge in [0, 0.05) is 6.08 Å². The SMILES string of the molecule is O=C(O)C1=CC(F)C=C(F)C([N+](=O)[O-])=C1. The maximum Gasteiger partial charge on any atom is 0.335 e. The minimum Gasteiger partial charge on any atom is -0.478 e. The van der Waals surface area contributed by atoms with Crippen molar-refractivity contribution in [1.82, 2.24) is 0 Å². The minimum atomic E-state index is -2.00. The molecule has 0 aromatic carbocycles. The molecule has 1 N–H and O–H groups in total. The van der Waals surface area contributed by atoms with Gasteiger partial charge in [-0.3, -0.25) is 10.1 Å². The molecule has 7 heteroatoms. The highest BCUT2D eigenvalue weighted by Gasteiger charge is 2.24. The van der Waals surface area contributed by atoms with Crippen LogP contribution in [0.5, 0.6) is 0 Å². The maximum absolute atomic E-state index is 12.9. The predicted molar refractivity (Wildman–Crippen MR) is 44.9 cm³/mol. The van der Waals surface area contributed by atoms with Crippen molar-refractivity contribution < 1.29 is 23.6 Å². The molecule has 1 aliphatic rings. The lowest BCUT2D eigenvalue weighted by Crippen LogP contribution is -2.03. The molecule has 0 amide bonds. The number of rotatable bonds is 2. The van der Waals surface area contributed by atoms with Crippen molar-refractivity contribution >= 4 is 5.97 Å². The van der Waals surface area contributed by atoms with Gasteiger partial charge in [0.15, 0.2) is 5.83 Å². The normalized spacial score (nSPS) is 20.9. The van der Waals surface area contributed by atoms with E-state index in [1.165, 1.54) is 0 Å². The molecule has 0 heterocycles. The van der Waals surface area contributed by atoms with Gasteiger partial charge in [-0.2, -0.15) is 4.39 Å². The molecule has 0 bridgehead atoms. The number of alkyl halides is 1. The third-order valence-corrected chi connectivity index (χ3v) is 1.62. The van der Waals surface area contributed by atoms with E-state index in [2.05, 4.69) is 0 Å². The van der Waals surface area contributed by atoms with Crippen molar-refractivity contribution in [2.24, 2.45) is 0 Å². The van der Waals surface area contributed by atoms with E-state index in [9.17, 15) is 23.7 Å². The molecule has 1 unspecified atom stereocenters. The van der Waals surface area contributed by atoms with Gasteiger partial charge in [-0.1, -0.05) is 0 Å². The zero-order valence-electron chi connectivity index (χ0n) is 7.18. The molecule has 0 radical (unpaired) electrons. The lowest BCUT2D eigenvalue weighted by atomic mass is 10.2.